The number of benzene rings is 1. The van der Waals surface area contributed by atoms with Gasteiger partial charge in [0.1, 0.15) is 5.82 Å². The predicted molar refractivity (Wildman–Crippen MR) is 79.8 cm³/mol. The Morgan fingerprint density at radius 2 is 1.82 bits per heavy atom. The van der Waals surface area contributed by atoms with Gasteiger partial charge in [0, 0.05) is 17.9 Å². The second kappa shape index (κ2) is 5.59. The van der Waals surface area contributed by atoms with Crippen LogP contribution in [-0.4, -0.2) is 37.4 Å². The van der Waals surface area contributed by atoms with Crippen molar-refractivity contribution >= 4 is 11.7 Å². The fourth-order valence-electron chi connectivity index (χ4n) is 2.75. The highest BCUT2D eigenvalue weighted by atomic mass is 16.5. The minimum absolute atomic E-state index is 0.0597. The van der Waals surface area contributed by atoms with E-state index in [1.807, 2.05) is 12.1 Å². The molecule has 2 aromatic rings. The van der Waals surface area contributed by atoms with Crippen molar-refractivity contribution in [3.8, 4) is 17.2 Å². The van der Waals surface area contributed by atoms with Crippen LogP contribution in [0, 0.1) is 0 Å². The molecule has 1 aliphatic heterocycles. The van der Waals surface area contributed by atoms with E-state index in [-0.39, 0.29) is 11.8 Å². The van der Waals surface area contributed by atoms with Crippen LogP contribution in [0.1, 0.15) is 23.5 Å². The molecule has 2 N–H and O–H groups in total. The second-order valence-corrected chi connectivity index (χ2v) is 4.96. The molecule has 7 heteroatoms. The normalized spacial score (nSPS) is 16.7. The highest BCUT2D eigenvalue weighted by molar-refractivity contribution is 5.94. The Morgan fingerprint density at radius 3 is 2.41 bits per heavy atom. The van der Waals surface area contributed by atoms with Crippen molar-refractivity contribution in [3.63, 3.8) is 0 Å². The van der Waals surface area contributed by atoms with Gasteiger partial charge in [-0.25, -0.2) is 0 Å². The first-order chi connectivity index (χ1) is 10.7. The molecular formula is C15H17N3O4. The monoisotopic (exact) mass is 303 g/mol. The first-order valence-corrected chi connectivity index (χ1v) is 6.81. The number of rotatable bonds is 4. The van der Waals surface area contributed by atoms with Gasteiger partial charge in [-0.2, -0.15) is 5.10 Å². The van der Waals surface area contributed by atoms with Crippen molar-refractivity contribution in [2.45, 2.75) is 12.3 Å². The Labute approximate surface area is 127 Å². The van der Waals surface area contributed by atoms with Gasteiger partial charge in [-0.1, -0.05) is 0 Å². The summed E-state index contributed by atoms with van der Waals surface area (Å²) in [5, 5.41) is 9.58. The van der Waals surface area contributed by atoms with Gasteiger partial charge in [-0.15, -0.1) is 0 Å². The molecule has 2 heterocycles. The smallest absolute Gasteiger partial charge is 0.226 e. The number of carbonyl (C=O) groups excluding carboxylic acids is 1. The van der Waals surface area contributed by atoms with E-state index in [2.05, 4.69) is 15.5 Å². The van der Waals surface area contributed by atoms with Crippen LogP contribution in [0.2, 0.25) is 0 Å². The van der Waals surface area contributed by atoms with E-state index in [9.17, 15) is 4.79 Å². The lowest BCUT2D eigenvalue weighted by atomic mass is 9.87. The van der Waals surface area contributed by atoms with Crippen molar-refractivity contribution in [2.75, 3.05) is 26.6 Å². The number of anilines is 1. The van der Waals surface area contributed by atoms with Crippen LogP contribution in [0.3, 0.4) is 0 Å². The standard InChI is InChI=1S/C15H17N3O4/c1-20-11-4-8(5-12(21-2)14(11)22-3)9-6-13(19)17-15-10(9)7-16-18-15/h4-5,7,9H,6H2,1-3H3,(H2,16,17,18,19). The van der Waals surface area contributed by atoms with E-state index in [1.165, 1.54) is 0 Å². The summed E-state index contributed by atoms with van der Waals surface area (Å²) in [5.74, 6) is 2.11. The molecule has 1 unspecified atom stereocenters. The minimum atomic E-state index is -0.115. The third kappa shape index (κ3) is 2.24. The van der Waals surface area contributed by atoms with Crippen molar-refractivity contribution in [3.05, 3.63) is 29.5 Å². The number of ether oxygens (including phenoxy) is 3. The molecule has 0 spiro atoms. The van der Waals surface area contributed by atoms with Crippen molar-refractivity contribution in [1.82, 2.24) is 10.2 Å². The van der Waals surface area contributed by atoms with Crippen molar-refractivity contribution in [1.29, 1.82) is 0 Å². The fourth-order valence-corrected chi connectivity index (χ4v) is 2.75. The topological polar surface area (TPSA) is 85.5 Å². The SMILES string of the molecule is COc1cc(C2CC(=O)Nc3[nH]ncc32)cc(OC)c1OC. The van der Waals surface area contributed by atoms with E-state index in [0.717, 1.165) is 11.1 Å². The molecule has 1 atom stereocenters. The summed E-state index contributed by atoms with van der Waals surface area (Å²) in [5.41, 5.74) is 1.85. The molecule has 116 valence electrons. The predicted octanol–water partition coefficient (Wildman–Crippen LogP) is 1.91. The summed E-state index contributed by atoms with van der Waals surface area (Å²) in [6.45, 7) is 0. The largest absolute Gasteiger partial charge is 0.493 e. The number of fused-ring (bicyclic) bond motifs is 1. The Kier molecular flexibility index (Phi) is 3.62. The number of aromatic nitrogens is 2. The molecule has 22 heavy (non-hydrogen) atoms. The Hall–Kier alpha value is -2.70. The molecule has 1 aliphatic rings. The molecule has 1 amide bonds. The van der Waals surface area contributed by atoms with Gasteiger partial charge >= 0.3 is 0 Å². The number of hydrogen-bond acceptors (Lipinski definition) is 5. The van der Waals surface area contributed by atoms with Crippen molar-refractivity contribution < 1.29 is 19.0 Å². The molecule has 3 rings (SSSR count). The Balaban J connectivity index is 2.11. The van der Waals surface area contributed by atoms with Crippen LogP contribution < -0.4 is 19.5 Å². The fraction of sp³-hybridized carbons (Fsp3) is 0.333. The van der Waals surface area contributed by atoms with Crippen LogP contribution in [0.25, 0.3) is 0 Å². The van der Waals surface area contributed by atoms with Gasteiger partial charge in [0.05, 0.1) is 27.5 Å². The average molecular weight is 303 g/mol. The van der Waals surface area contributed by atoms with Gasteiger partial charge in [0.2, 0.25) is 11.7 Å². The maximum Gasteiger partial charge on any atom is 0.226 e. The van der Waals surface area contributed by atoms with E-state index in [4.69, 9.17) is 14.2 Å². The minimum Gasteiger partial charge on any atom is -0.493 e. The number of methoxy groups -OCH3 is 3. The van der Waals surface area contributed by atoms with Crippen LogP contribution in [0.5, 0.6) is 17.2 Å². The van der Waals surface area contributed by atoms with Gasteiger partial charge < -0.3 is 19.5 Å². The van der Waals surface area contributed by atoms with E-state index in [1.54, 1.807) is 27.5 Å². The maximum absolute atomic E-state index is 11.9. The van der Waals surface area contributed by atoms with E-state index < -0.39 is 0 Å². The van der Waals surface area contributed by atoms with E-state index >= 15 is 0 Å². The molecule has 0 saturated heterocycles. The zero-order chi connectivity index (χ0) is 15.7. The van der Waals surface area contributed by atoms with Gasteiger partial charge in [-0.05, 0) is 17.7 Å². The Bertz CT molecular complexity index is 686. The first kappa shape index (κ1) is 14.2. The first-order valence-electron chi connectivity index (χ1n) is 6.81. The van der Waals surface area contributed by atoms with Crippen LogP contribution in [-0.2, 0) is 4.79 Å². The number of amides is 1. The molecule has 0 radical (unpaired) electrons. The molecule has 0 fully saturated rings. The molecule has 7 nitrogen and oxygen atoms in total. The third-order valence-electron chi connectivity index (χ3n) is 3.79. The molecule has 0 aliphatic carbocycles. The summed E-state index contributed by atoms with van der Waals surface area (Å²) < 4.78 is 16.1. The number of nitrogens with one attached hydrogen (secondary N) is 2. The summed E-state index contributed by atoms with van der Waals surface area (Å²) in [6, 6.07) is 3.72. The summed E-state index contributed by atoms with van der Waals surface area (Å²) in [4.78, 5) is 11.9. The van der Waals surface area contributed by atoms with Crippen LogP contribution >= 0.6 is 0 Å². The molecular weight excluding hydrogens is 286 g/mol. The average Bonchev–Trinajstić information content (AvgIpc) is 3.00. The Morgan fingerprint density at radius 1 is 1.14 bits per heavy atom. The van der Waals surface area contributed by atoms with Gasteiger partial charge in [0.25, 0.3) is 0 Å². The lowest BCUT2D eigenvalue weighted by molar-refractivity contribution is -0.116. The number of H-pyrrole nitrogens is 1. The summed E-state index contributed by atoms with van der Waals surface area (Å²) >= 11 is 0. The number of aromatic amines is 1. The highest BCUT2D eigenvalue weighted by Crippen LogP contribution is 2.43. The lowest BCUT2D eigenvalue weighted by Crippen LogP contribution is -2.23. The second-order valence-electron chi connectivity index (χ2n) is 4.96. The third-order valence-corrected chi connectivity index (χ3v) is 3.79. The zero-order valence-electron chi connectivity index (χ0n) is 12.6. The highest BCUT2D eigenvalue weighted by Gasteiger charge is 2.29. The lowest BCUT2D eigenvalue weighted by Gasteiger charge is -2.24. The summed E-state index contributed by atoms with van der Waals surface area (Å²) in [7, 11) is 4.69. The molecule has 0 saturated carbocycles. The number of carbonyl (C=O) groups is 1. The van der Waals surface area contributed by atoms with Gasteiger partial charge in [0.15, 0.2) is 11.5 Å². The van der Waals surface area contributed by atoms with Crippen LogP contribution in [0.15, 0.2) is 18.3 Å². The molecule has 0 bridgehead atoms. The zero-order valence-corrected chi connectivity index (χ0v) is 12.6. The number of nitrogens with zero attached hydrogens (tertiary/aromatic N) is 1. The summed E-state index contributed by atoms with van der Waals surface area (Å²) in [6.07, 6.45) is 2.06. The quantitative estimate of drug-likeness (QED) is 0.901. The van der Waals surface area contributed by atoms with Gasteiger partial charge in [-0.3, -0.25) is 9.89 Å². The van der Waals surface area contributed by atoms with Crippen LogP contribution in [0.4, 0.5) is 5.82 Å². The maximum atomic E-state index is 11.9. The molecule has 1 aromatic heterocycles. The number of hydrogen-bond donors (Lipinski definition) is 2. The van der Waals surface area contributed by atoms with E-state index in [0.29, 0.717) is 29.5 Å². The molecule has 1 aromatic carbocycles. The van der Waals surface area contributed by atoms with Crippen molar-refractivity contribution in [2.24, 2.45) is 0 Å².